The van der Waals surface area contributed by atoms with Crippen LogP contribution in [0.3, 0.4) is 0 Å². The molecule has 0 unspecified atom stereocenters. The van der Waals surface area contributed by atoms with Gasteiger partial charge >= 0.3 is 21.7 Å². The molecule has 2 aromatic carbocycles. The van der Waals surface area contributed by atoms with Gasteiger partial charge in [-0.15, -0.1) is 0 Å². The first kappa shape index (κ1) is 37.9. The third kappa shape index (κ3) is 12.2. The van der Waals surface area contributed by atoms with Gasteiger partial charge in [-0.25, -0.2) is 6.07 Å². The largest absolute Gasteiger partial charge is 4.00 e. The fourth-order valence-corrected chi connectivity index (χ4v) is 6.75. The van der Waals surface area contributed by atoms with Gasteiger partial charge in [-0.1, -0.05) is 109 Å². The quantitative estimate of drug-likeness (QED) is 0.160. The van der Waals surface area contributed by atoms with Crippen molar-refractivity contribution in [3.05, 3.63) is 53.1 Å². The van der Waals surface area contributed by atoms with Crippen LogP contribution >= 0.6 is 0 Å². The second-order valence-electron chi connectivity index (χ2n) is 9.87. The Balaban J connectivity index is -0.00000225. The van der Waals surface area contributed by atoms with Crippen molar-refractivity contribution in [2.75, 3.05) is 0 Å². The average Bonchev–Trinajstić information content (AvgIpc) is 3.20. The molecule has 0 fully saturated rings. The van der Waals surface area contributed by atoms with Crippen molar-refractivity contribution in [2.45, 2.75) is 111 Å². The molecule has 0 N–H and O–H groups in total. The minimum Gasteiger partial charge on any atom is -1.00 e. The molecule has 0 atom stereocenters. The van der Waals surface area contributed by atoms with Gasteiger partial charge in [-0.05, 0) is 36.8 Å². The first-order chi connectivity index (χ1) is 13.9. The Morgan fingerprint density at radius 3 is 1.64 bits per heavy atom. The van der Waals surface area contributed by atoms with Gasteiger partial charge in [0, 0.05) is 0 Å². The van der Waals surface area contributed by atoms with Crippen LogP contribution in [0.5, 0.6) is 0 Å². The molecule has 0 saturated carbocycles. The number of hydrogen-bond donors (Lipinski definition) is 0. The third-order valence-electron chi connectivity index (χ3n) is 6.58. The van der Waals surface area contributed by atoms with Gasteiger partial charge in [0.25, 0.3) is 0 Å². The molecule has 0 heterocycles. The van der Waals surface area contributed by atoms with Crippen molar-refractivity contribution >= 4 is 18.4 Å². The van der Waals surface area contributed by atoms with Crippen LogP contribution in [-0.2, 0) is 34.6 Å². The van der Waals surface area contributed by atoms with Crippen LogP contribution in [-0.4, -0.2) is 8.07 Å². The van der Waals surface area contributed by atoms with Crippen LogP contribution in [0.1, 0.15) is 102 Å². The molecule has 0 aliphatic rings. The minimum absolute atomic E-state index is 0. The van der Waals surface area contributed by atoms with Crippen LogP contribution in [0.2, 0.25) is 13.1 Å². The first-order valence-corrected chi connectivity index (χ1v) is 15.3. The smallest absolute Gasteiger partial charge is 1.00 e. The summed E-state index contributed by atoms with van der Waals surface area (Å²) in [6.45, 7) is 14.3. The average molecular weight is 564 g/mol. The number of unbranched alkanes of at least 4 members (excludes halogenated alkanes) is 6. The Bertz CT molecular complexity index is 710. The second kappa shape index (κ2) is 19.5. The molecule has 2 rings (SSSR count). The van der Waals surface area contributed by atoms with Crippen molar-refractivity contribution in [2.24, 2.45) is 0 Å². The fourth-order valence-electron chi connectivity index (χ4n) is 4.30. The van der Waals surface area contributed by atoms with Crippen molar-refractivity contribution in [3.63, 3.8) is 0 Å². The minimum atomic E-state index is -1.65. The molecule has 0 aliphatic carbocycles. The maximum absolute atomic E-state index is 2.57. The standard InChI is InChI=1S/C28H45Si.3ClH.Ti/c1-7-9-11-13-15-24-19-25(16-14-12-10-8-2)21-28(20-24)29(5,6)27-18-17-26(22-27)23(3)4;;;;/h17-23H,7-16H2,1-6H3;3*1H;/q-1;;;;+4/p-3. The fraction of sp³-hybridized carbons (Fsp3) is 0.607. The van der Waals surface area contributed by atoms with Crippen molar-refractivity contribution < 1.29 is 58.9 Å². The van der Waals surface area contributed by atoms with Crippen LogP contribution < -0.4 is 47.6 Å². The van der Waals surface area contributed by atoms with Crippen LogP contribution in [0.25, 0.3) is 0 Å². The maximum atomic E-state index is 2.57. The summed E-state index contributed by atoms with van der Waals surface area (Å²) in [7, 11) is -1.65. The number of hydrogen-bond acceptors (Lipinski definition) is 0. The first-order valence-electron chi connectivity index (χ1n) is 12.3. The molecule has 0 amide bonds. The zero-order chi connectivity index (χ0) is 21.3. The van der Waals surface area contributed by atoms with E-state index < -0.39 is 8.07 Å². The molecule has 0 radical (unpaired) electrons. The van der Waals surface area contributed by atoms with Gasteiger partial charge in [0.1, 0.15) is 0 Å². The molecule has 0 aliphatic heterocycles. The predicted octanol–water partition coefficient (Wildman–Crippen LogP) is -1.39. The summed E-state index contributed by atoms with van der Waals surface area (Å²) >= 11 is 0. The van der Waals surface area contributed by atoms with Crippen LogP contribution in [0.15, 0.2) is 36.4 Å². The van der Waals surface area contributed by atoms with Gasteiger partial charge in [0.2, 0.25) is 0 Å². The van der Waals surface area contributed by atoms with E-state index in [4.69, 9.17) is 0 Å². The summed E-state index contributed by atoms with van der Waals surface area (Å²) in [6.07, 6.45) is 13.3. The SMILES string of the molecule is CCCCCCc1cc(CCCCCC)cc([Si](C)(C)[c-]2ccc(C(C)C)c2)c1.[Cl-].[Cl-].[Cl-].[Ti+4]. The third-order valence-corrected chi connectivity index (χ3v) is 10.1. The van der Waals surface area contributed by atoms with E-state index in [2.05, 4.69) is 77.2 Å². The van der Waals surface area contributed by atoms with E-state index in [1.54, 1.807) is 21.5 Å². The summed E-state index contributed by atoms with van der Waals surface area (Å²) in [5.41, 5.74) is 4.66. The van der Waals surface area contributed by atoms with Crippen molar-refractivity contribution in [1.29, 1.82) is 0 Å². The Hall–Kier alpha value is 0.371. The second-order valence-corrected chi connectivity index (χ2v) is 14.3. The van der Waals surface area contributed by atoms with Gasteiger partial charge in [-0.2, -0.15) is 22.9 Å². The number of halogens is 3. The Morgan fingerprint density at radius 2 is 1.24 bits per heavy atom. The van der Waals surface area contributed by atoms with Crippen LogP contribution in [0.4, 0.5) is 0 Å². The molecule has 0 nitrogen and oxygen atoms in total. The van der Waals surface area contributed by atoms with Crippen molar-refractivity contribution in [1.82, 2.24) is 0 Å². The normalized spacial score (nSPS) is 10.6. The maximum Gasteiger partial charge on any atom is 4.00 e. The Kier molecular flexibility index (Phi) is 22.5. The van der Waals surface area contributed by atoms with E-state index in [-0.39, 0.29) is 58.9 Å². The summed E-state index contributed by atoms with van der Waals surface area (Å²) in [5, 5.41) is 3.23. The monoisotopic (exact) mass is 562 g/mol. The van der Waals surface area contributed by atoms with Gasteiger partial charge in [0.05, 0.1) is 8.07 Å². The Morgan fingerprint density at radius 1 is 0.758 bits per heavy atom. The molecular weight excluding hydrogens is 519 g/mol. The molecule has 2 aromatic rings. The summed E-state index contributed by atoms with van der Waals surface area (Å²) in [6, 6.07) is 14.9. The van der Waals surface area contributed by atoms with E-state index in [9.17, 15) is 0 Å². The van der Waals surface area contributed by atoms with Gasteiger partial charge in [0.15, 0.2) is 0 Å². The molecule has 186 valence electrons. The van der Waals surface area contributed by atoms with E-state index in [0.29, 0.717) is 5.92 Å². The van der Waals surface area contributed by atoms with E-state index in [1.165, 1.54) is 69.8 Å². The number of benzene rings is 1. The zero-order valence-electron chi connectivity index (χ0n) is 21.7. The van der Waals surface area contributed by atoms with E-state index >= 15 is 0 Å². The van der Waals surface area contributed by atoms with Gasteiger partial charge < -0.3 is 37.2 Å². The van der Waals surface area contributed by atoms with E-state index in [0.717, 1.165) is 0 Å². The number of rotatable bonds is 13. The number of aryl methyl sites for hydroxylation is 2. The summed E-state index contributed by atoms with van der Waals surface area (Å²) in [4.78, 5) is 0. The molecular formula is C28H45Cl3SiTi. The topological polar surface area (TPSA) is 0 Å². The molecule has 5 heteroatoms. The summed E-state index contributed by atoms with van der Waals surface area (Å²) < 4.78 is 0. The predicted molar refractivity (Wildman–Crippen MR) is 135 cm³/mol. The summed E-state index contributed by atoms with van der Waals surface area (Å²) in [5.74, 6) is 0.618. The van der Waals surface area contributed by atoms with Crippen molar-refractivity contribution in [3.8, 4) is 0 Å². The molecule has 0 saturated heterocycles. The molecule has 0 spiro atoms. The van der Waals surface area contributed by atoms with E-state index in [1.807, 2.05) is 0 Å². The Labute approximate surface area is 240 Å². The van der Waals surface area contributed by atoms with Crippen LogP contribution in [0, 0.1) is 0 Å². The zero-order valence-corrected chi connectivity index (χ0v) is 26.6. The molecule has 0 bridgehead atoms. The molecule has 0 aromatic heterocycles. The van der Waals surface area contributed by atoms with Gasteiger partial charge in [-0.3, -0.25) is 0 Å². The molecule has 33 heavy (non-hydrogen) atoms.